The van der Waals surface area contributed by atoms with Gasteiger partial charge in [0, 0.05) is 0 Å². The molecule has 0 aliphatic heterocycles. The Morgan fingerprint density at radius 3 is 2.20 bits per heavy atom. The fourth-order valence-corrected chi connectivity index (χ4v) is 0. The summed E-state index contributed by atoms with van der Waals surface area (Å²) in [6.45, 7) is 4.73. The van der Waals surface area contributed by atoms with Gasteiger partial charge in [-0.2, -0.15) is 0 Å². The van der Waals surface area contributed by atoms with Crippen molar-refractivity contribution in [1.82, 2.24) is 0 Å². The molecule has 1 heteroatoms. The van der Waals surface area contributed by atoms with Gasteiger partial charge in [0.05, 0.1) is 5.83 Å². The minimum Gasteiger partial charge on any atom is -0.212 e. The molecule has 0 atom stereocenters. The molecule has 30 valence electrons. The Morgan fingerprint density at radius 1 is 2.00 bits per heavy atom. The third kappa shape index (κ3) is 3.67. The molecule has 0 nitrogen and oxygen atoms in total. The number of hydrogen-bond acceptors (Lipinski definition) is 0. The summed E-state index contributed by atoms with van der Waals surface area (Å²) in [5, 5.41) is 0. The van der Waals surface area contributed by atoms with E-state index in [0.29, 0.717) is 6.42 Å². The Kier molecular flexibility index (Phi) is 1.81. The molecule has 0 radical (unpaired) electrons. The lowest BCUT2D eigenvalue weighted by molar-refractivity contribution is 0.609. The van der Waals surface area contributed by atoms with Gasteiger partial charge in [-0.3, -0.25) is 0 Å². The van der Waals surface area contributed by atoms with Crippen molar-refractivity contribution in [1.29, 1.82) is 0 Å². The van der Waals surface area contributed by atoms with Gasteiger partial charge in [-0.25, -0.2) is 4.39 Å². The van der Waals surface area contributed by atoms with Crippen molar-refractivity contribution < 1.29 is 4.39 Å². The highest BCUT2D eigenvalue weighted by atomic mass is 19.1. The van der Waals surface area contributed by atoms with Crippen LogP contribution in [0.15, 0.2) is 12.4 Å². The third-order valence-corrected chi connectivity index (χ3v) is 0.384. The topological polar surface area (TPSA) is 0 Å². The molecular weight excluding hydrogens is 67.0 g/mol. The first-order valence-electron chi connectivity index (χ1n) is 1.60. The fourth-order valence-electron chi connectivity index (χ4n) is 0. The van der Waals surface area contributed by atoms with E-state index in [1.807, 2.05) is 0 Å². The maximum Gasteiger partial charge on any atom is 0.0925 e. The Hall–Kier alpha value is -0.330. The maximum absolute atomic E-state index is 11.2. The first kappa shape index (κ1) is 4.67. The minimum absolute atomic E-state index is 0.245. The number of rotatable bonds is 1. The Bertz CT molecular complexity index is 38.9. The average Bonchev–Trinajstić information content (AvgIpc) is 1.38. The van der Waals surface area contributed by atoms with Gasteiger partial charge in [0.1, 0.15) is 0 Å². The van der Waals surface area contributed by atoms with Crippen molar-refractivity contribution in [3.8, 4) is 0 Å². The van der Waals surface area contributed by atoms with Crippen molar-refractivity contribution in [2.75, 3.05) is 0 Å². The molecule has 5 heavy (non-hydrogen) atoms. The molecule has 0 heterocycles. The van der Waals surface area contributed by atoms with E-state index in [4.69, 9.17) is 0 Å². The van der Waals surface area contributed by atoms with Crippen LogP contribution in [0, 0.1) is 0 Å². The van der Waals surface area contributed by atoms with Crippen molar-refractivity contribution in [3.63, 3.8) is 0 Å². The van der Waals surface area contributed by atoms with E-state index in [0.717, 1.165) is 0 Å². The van der Waals surface area contributed by atoms with Gasteiger partial charge < -0.3 is 0 Å². The monoisotopic (exact) mass is 74.1 g/mol. The smallest absolute Gasteiger partial charge is 0.0925 e. The molecule has 0 amide bonds. The molecule has 0 saturated heterocycles. The SMILES string of the molecule is C=C(F)CC. The van der Waals surface area contributed by atoms with Gasteiger partial charge in [-0.15, -0.1) is 0 Å². The molecular formula is C4H7F. The molecule has 0 aliphatic rings. The summed E-state index contributed by atoms with van der Waals surface area (Å²) in [6, 6.07) is 0. The summed E-state index contributed by atoms with van der Waals surface area (Å²) in [4.78, 5) is 0. The van der Waals surface area contributed by atoms with Gasteiger partial charge in [-0.05, 0) is 6.42 Å². The van der Waals surface area contributed by atoms with Crippen LogP contribution in [-0.4, -0.2) is 0 Å². The molecule has 0 aromatic carbocycles. The van der Waals surface area contributed by atoms with Crippen molar-refractivity contribution in [2.24, 2.45) is 0 Å². The van der Waals surface area contributed by atoms with Crippen LogP contribution in [0.1, 0.15) is 13.3 Å². The highest BCUT2D eigenvalue weighted by molar-refractivity contribution is 4.75. The zero-order valence-electron chi connectivity index (χ0n) is 3.29. The van der Waals surface area contributed by atoms with Crippen molar-refractivity contribution in [2.45, 2.75) is 13.3 Å². The van der Waals surface area contributed by atoms with E-state index in [-0.39, 0.29) is 5.83 Å². The van der Waals surface area contributed by atoms with Crippen LogP contribution in [0.3, 0.4) is 0 Å². The van der Waals surface area contributed by atoms with Crippen molar-refractivity contribution >= 4 is 0 Å². The second-order valence-electron chi connectivity index (χ2n) is 0.871. The van der Waals surface area contributed by atoms with Gasteiger partial charge >= 0.3 is 0 Å². The molecule has 0 saturated carbocycles. The first-order valence-corrected chi connectivity index (χ1v) is 1.60. The van der Waals surface area contributed by atoms with Crippen molar-refractivity contribution in [3.05, 3.63) is 12.4 Å². The van der Waals surface area contributed by atoms with E-state index in [1.165, 1.54) is 0 Å². The molecule has 0 aromatic heterocycles. The first-order chi connectivity index (χ1) is 2.27. The minimum atomic E-state index is -0.245. The Labute approximate surface area is 31.3 Å². The highest BCUT2D eigenvalue weighted by Gasteiger charge is 1.73. The zero-order valence-corrected chi connectivity index (χ0v) is 3.29. The van der Waals surface area contributed by atoms with E-state index in [1.54, 1.807) is 6.92 Å². The van der Waals surface area contributed by atoms with Crippen LogP contribution < -0.4 is 0 Å². The Morgan fingerprint density at radius 2 is 2.20 bits per heavy atom. The van der Waals surface area contributed by atoms with Crippen LogP contribution >= 0.6 is 0 Å². The van der Waals surface area contributed by atoms with E-state index >= 15 is 0 Å². The van der Waals surface area contributed by atoms with E-state index < -0.39 is 0 Å². The lowest BCUT2D eigenvalue weighted by Crippen LogP contribution is -1.55. The second-order valence-corrected chi connectivity index (χ2v) is 0.871. The lowest BCUT2D eigenvalue weighted by Gasteiger charge is -1.74. The largest absolute Gasteiger partial charge is 0.212 e. The van der Waals surface area contributed by atoms with E-state index in [2.05, 4.69) is 6.58 Å². The van der Waals surface area contributed by atoms with Gasteiger partial charge in [0.15, 0.2) is 0 Å². The molecule has 0 rings (SSSR count). The molecule has 0 aliphatic carbocycles. The summed E-state index contributed by atoms with van der Waals surface area (Å²) in [7, 11) is 0. The predicted octanol–water partition coefficient (Wildman–Crippen LogP) is 1.88. The maximum atomic E-state index is 11.2. The average molecular weight is 74.1 g/mol. The predicted molar refractivity (Wildman–Crippen MR) is 20.5 cm³/mol. The summed E-state index contributed by atoms with van der Waals surface area (Å²) >= 11 is 0. The van der Waals surface area contributed by atoms with Gasteiger partial charge in [0.2, 0.25) is 0 Å². The number of hydrogen-bond donors (Lipinski definition) is 0. The third-order valence-electron chi connectivity index (χ3n) is 0.384. The number of halogens is 1. The molecule has 0 aromatic rings. The summed E-state index contributed by atoms with van der Waals surface area (Å²) < 4.78 is 11.2. The molecule has 0 fully saturated rings. The van der Waals surface area contributed by atoms with Gasteiger partial charge in [-0.1, -0.05) is 13.5 Å². The van der Waals surface area contributed by atoms with Crippen LogP contribution in [0.25, 0.3) is 0 Å². The molecule has 0 bridgehead atoms. The molecule has 0 spiro atoms. The quantitative estimate of drug-likeness (QED) is 0.445. The second kappa shape index (κ2) is 1.94. The van der Waals surface area contributed by atoms with Crippen LogP contribution in [0.2, 0.25) is 0 Å². The fraction of sp³-hybridized carbons (Fsp3) is 0.500. The van der Waals surface area contributed by atoms with Crippen LogP contribution in [0.5, 0.6) is 0 Å². The van der Waals surface area contributed by atoms with Crippen LogP contribution in [0.4, 0.5) is 4.39 Å². The van der Waals surface area contributed by atoms with Crippen LogP contribution in [-0.2, 0) is 0 Å². The summed E-state index contributed by atoms with van der Waals surface area (Å²) in [5.41, 5.74) is 0. The van der Waals surface area contributed by atoms with E-state index in [9.17, 15) is 4.39 Å². The standard InChI is InChI=1S/C4H7F/c1-3-4(2)5/h2-3H2,1H3. The van der Waals surface area contributed by atoms with Gasteiger partial charge in [0.25, 0.3) is 0 Å². The summed E-state index contributed by atoms with van der Waals surface area (Å²) in [6.07, 6.45) is 0.444. The molecule has 0 unspecified atom stereocenters. The highest BCUT2D eigenvalue weighted by Crippen LogP contribution is 1.93. The lowest BCUT2D eigenvalue weighted by atomic mass is 10.5. The molecule has 0 N–H and O–H groups in total. The normalized spacial score (nSPS) is 7.60. The number of allylic oxidation sites excluding steroid dienone is 1. The summed E-state index contributed by atoms with van der Waals surface area (Å²) in [5.74, 6) is -0.245. The Balaban J connectivity index is 2.85. The zero-order chi connectivity index (χ0) is 4.28.